The first kappa shape index (κ1) is 24.0. The minimum absolute atomic E-state index is 0.00976. The number of anilines is 2. The van der Waals surface area contributed by atoms with Crippen LogP contribution in [0.1, 0.15) is 23.5 Å². The maximum Gasteiger partial charge on any atom is 0.250 e. The van der Waals surface area contributed by atoms with Crippen LogP contribution in [0.5, 0.6) is 0 Å². The van der Waals surface area contributed by atoms with Gasteiger partial charge in [-0.25, -0.2) is 0 Å². The van der Waals surface area contributed by atoms with Crippen molar-refractivity contribution in [3.63, 3.8) is 0 Å². The zero-order valence-corrected chi connectivity index (χ0v) is 20.9. The normalized spacial score (nSPS) is 17.2. The van der Waals surface area contributed by atoms with E-state index < -0.39 is 0 Å². The van der Waals surface area contributed by atoms with Crippen LogP contribution < -0.4 is 15.5 Å². The number of thiocarbonyl (C=S) groups is 1. The van der Waals surface area contributed by atoms with Crippen molar-refractivity contribution in [3.05, 3.63) is 102 Å². The van der Waals surface area contributed by atoms with Gasteiger partial charge in [-0.1, -0.05) is 17.7 Å². The van der Waals surface area contributed by atoms with Crippen LogP contribution in [0, 0.1) is 0 Å². The number of aromatic nitrogens is 1. The molecule has 182 valence electrons. The van der Waals surface area contributed by atoms with Crippen molar-refractivity contribution in [3.8, 4) is 11.3 Å². The van der Waals surface area contributed by atoms with E-state index in [1.807, 2.05) is 83.8 Å². The number of furan rings is 1. The molecule has 2 atom stereocenters. The number of pyridine rings is 1. The fraction of sp³-hybridized carbons (Fsp3) is 0.148. The number of halogens is 1. The van der Waals surface area contributed by atoms with Gasteiger partial charge in [0.15, 0.2) is 5.11 Å². The summed E-state index contributed by atoms with van der Waals surface area (Å²) in [6, 6.07) is 24.2. The molecule has 1 amide bonds. The Labute approximate surface area is 219 Å². The number of hydrogen-bond donors (Lipinski definition) is 2. The number of hydrogen-bond acceptors (Lipinski definition) is 5. The highest BCUT2D eigenvalue weighted by Gasteiger charge is 2.42. The number of rotatable bonds is 7. The van der Waals surface area contributed by atoms with Gasteiger partial charge in [0, 0.05) is 35.3 Å². The first-order valence-electron chi connectivity index (χ1n) is 11.3. The van der Waals surface area contributed by atoms with Crippen LogP contribution in [-0.4, -0.2) is 29.7 Å². The maximum absolute atomic E-state index is 11.9. The highest BCUT2D eigenvalue weighted by atomic mass is 35.5. The summed E-state index contributed by atoms with van der Waals surface area (Å²) in [5, 5.41) is 7.44. The Morgan fingerprint density at radius 2 is 1.89 bits per heavy atom. The molecule has 7 nitrogen and oxygen atoms in total. The van der Waals surface area contributed by atoms with Crippen LogP contribution in [0.4, 0.5) is 11.4 Å². The second kappa shape index (κ2) is 10.5. The van der Waals surface area contributed by atoms with E-state index >= 15 is 0 Å². The summed E-state index contributed by atoms with van der Waals surface area (Å²) >= 11 is 11.8. The molecule has 1 saturated heterocycles. The van der Waals surface area contributed by atoms with Gasteiger partial charge in [-0.05, 0) is 85.0 Å². The molecule has 2 N–H and O–H groups in total. The SMILES string of the molecule is COCC(=O)Nc1ccc(N2C(=S)N[C@@H](c3ccccn3)[C@@H]2c2ccc(-c3ccc(Cl)cc3)o2)cc1. The van der Waals surface area contributed by atoms with Gasteiger partial charge >= 0.3 is 0 Å². The van der Waals surface area contributed by atoms with Gasteiger partial charge in [0.25, 0.3) is 0 Å². The van der Waals surface area contributed by atoms with E-state index in [2.05, 4.69) is 15.6 Å². The van der Waals surface area contributed by atoms with Gasteiger partial charge in [0.2, 0.25) is 5.91 Å². The van der Waals surface area contributed by atoms with Crippen molar-refractivity contribution in [2.24, 2.45) is 0 Å². The van der Waals surface area contributed by atoms with E-state index in [1.54, 1.807) is 6.20 Å². The van der Waals surface area contributed by atoms with Crippen LogP contribution in [0.25, 0.3) is 11.3 Å². The lowest BCUT2D eigenvalue weighted by atomic mass is 10.0. The van der Waals surface area contributed by atoms with Crippen molar-refractivity contribution < 1.29 is 13.9 Å². The van der Waals surface area contributed by atoms with Crippen molar-refractivity contribution >= 4 is 46.2 Å². The lowest BCUT2D eigenvalue weighted by molar-refractivity contribution is -0.119. The molecule has 5 rings (SSSR count). The zero-order valence-electron chi connectivity index (χ0n) is 19.4. The monoisotopic (exact) mass is 518 g/mol. The molecular formula is C27H23ClN4O3S. The Morgan fingerprint density at radius 1 is 1.11 bits per heavy atom. The summed E-state index contributed by atoms with van der Waals surface area (Å²) in [4.78, 5) is 18.5. The Bertz CT molecular complexity index is 1360. The number of benzene rings is 2. The molecule has 2 aromatic carbocycles. The Hall–Kier alpha value is -3.72. The van der Waals surface area contributed by atoms with E-state index in [0.717, 1.165) is 28.5 Å². The number of carbonyl (C=O) groups excluding carboxylic acids is 1. The Kier molecular flexibility index (Phi) is 6.99. The largest absolute Gasteiger partial charge is 0.459 e. The van der Waals surface area contributed by atoms with E-state index in [-0.39, 0.29) is 24.6 Å². The summed E-state index contributed by atoms with van der Waals surface area (Å²) in [5.74, 6) is 1.25. The number of ether oxygens (including phenoxy) is 1. The van der Waals surface area contributed by atoms with E-state index in [0.29, 0.717) is 15.8 Å². The predicted octanol–water partition coefficient (Wildman–Crippen LogP) is 5.76. The van der Waals surface area contributed by atoms with Gasteiger partial charge < -0.3 is 24.7 Å². The molecule has 1 aliphatic heterocycles. The standard InChI is InChI=1S/C27H23ClN4O3S/c1-34-16-24(33)30-19-9-11-20(12-10-19)32-26(25(31-27(32)36)21-4-2-3-15-29-21)23-14-13-22(35-23)17-5-7-18(28)8-6-17/h2-15,25-26H,16H2,1H3,(H,30,33)(H,31,36)/t25-,26-/m0/s1. The fourth-order valence-corrected chi connectivity index (χ4v) is 4.71. The lowest BCUT2D eigenvalue weighted by Gasteiger charge is -2.26. The number of carbonyl (C=O) groups is 1. The molecule has 3 heterocycles. The average Bonchev–Trinajstić information content (AvgIpc) is 3.50. The van der Waals surface area contributed by atoms with E-state index in [9.17, 15) is 4.79 Å². The van der Waals surface area contributed by atoms with Gasteiger partial charge in [-0.15, -0.1) is 0 Å². The molecule has 0 bridgehead atoms. The van der Waals surface area contributed by atoms with Crippen LogP contribution in [0.2, 0.25) is 5.02 Å². The summed E-state index contributed by atoms with van der Waals surface area (Å²) < 4.78 is 11.2. The number of nitrogens with one attached hydrogen (secondary N) is 2. The smallest absolute Gasteiger partial charge is 0.250 e. The van der Waals surface area contributed by atoms with E-state index in [4.69, 9.17) is 33.0 Å². The molecule has 36 heavy (non-hydrogen) atoms. The van der Waals surface area contributed by atoms with Gasteiger partial charge in [-0.3, -0.25) is 9.78 Å². The minimum atomic E-state index is -0.289. The molecule has 1 fully saturated rings. The number of methoxy groups -OCH3 is 1. The highest BCUT2D eigenvalue weighted by Crippen LogP contribution is 2.43. The zero-order chi connectivity index (χ0) is 25.1. The van der Waals surface area contributed by atoms with Crippen LogP contribution >= 0.6 is 23.8 Å². The van der Waals surface area contributed by atoms with E-state index in [1.165, 1.54) is 7.11 Å². The van der Waals surface area contributed by atoms with Crippen molar-refractivity contribution in [2.45, 2.75) is 12.1 Å². The number of amides is 1. The minimum Gasteiger partial charge on any atom is -0.459 e. The molecule has 9 heteroatoms. The van der Waals surface area contributed by atoms with Crippen LogP contribution in [0.3, 0.4) is 0 Å². The maximum atomic E-state index is 11.9. The summed E-state index contributed by atoms with van der Waals surface area (Å²) in [5.41, 5.74) is 3.29. The quantitative estimate of drug-likeness (QED) is 0.301. The third-order valence-electron chi connectivity index (χ3n) is 5.85. The molecule has 0 radical (unpaired) electrons. The first-order valence-corrected chi connectivity index (χ1v) is 12.1. The highest BCUT2D eigenvalue weighted by molar-refractivity contribution is 7.80. The van der Waals surface area contributed by atoms with Crippen molar-refractivity contribution in [2.75, 3.05) is 23.9 Å². The third kappa shape index (κ3) is 4.97. The van der Waals surface area contributed by atoms with Crippen molar-refractivity contribution in [1.29, 1.82) is 0 Å². The average molecular weight is 519 g/mol. The molecule has 0 spiro atoms. The van der Waals surface area contributed by atoms with Crippen LogP contribution in [0.15, 0.2) is 89.5 Å². The van der Waals surface area contributed by atoms with Crippen molar-refractivity contribution in [1.82, 2.24) is 10.3 Å². The molecule has 4 aromatic rings. The second-order valence-electron chi connectivity index (χ2n) is 8.23. The summed E-state index contributed by atoms with van der Waals surface area (Å²) in [6.07, 6.45) is 1.76. The Balaban J connectivity index is 1.50. The van der Waals surface area contributed by atoms with Gasteiger partial charge in [0.1, 0.15) is 24.2 Å². The molecule has 0 aliphatic carbocycles. The van der Waals surface area contributed by atoms with Gasteiger partial charge in [0.05, 0.1) is 11.7 Å². The third-order valence-corrected chi connectivity index (χ3v) is 6.42. The topological polar surface area (TPSA) is 79.6 Å². The lowest BCUT2D eigenvalue weighted by Crippen LogP contribution is -2.29. The molecular weight excluding hydrogens is 496 g/mol. The Morgan fingerprint density at radius 3 is 2.58 bits per heavy atom. The van der Waals surface area contributed by atoms with Gasteiger partial charge in [-0.2, -0.15) is 0 Å². The molecule has 2 aromatic heterocycles. The molecule has 1 aliphatic rings. The fourth-order valence-electron chi connectivity index (χ4n) is 4.24. The number of nitrogens with zero attached hydrogens (tertiary/aromatic N) is 2. The summed E-state index contributed by atoms with van der Waals surface area (Å²) in [7, 11) is 1.48. The summed E-state index contributed by atoms with van der Waals surface area (Å²) in [6.45, 7) is -0.00976. The predicted molar refractivity (Wildman–Crippen MR) is 144 cm³/mol. The second-order valence-corrected chi connectivity index (χ2v) is 9.06. The first-order chi connectivity index (χ1) is 17.5. The van der Waals surface area contributed by atoms with Crippen LogP contribution in [-0.2, 0) is 9.53 Å². The molecule has 0 saturated carbocycles. The molecule has 0 unspecified atom stereocenters.